The Bertz CT molecular complexity index is 365. The van der Waals surface area contributed by atoms with E-state index in [1.165, 1.54) is 0 Å². The maximum Gasteiger partial charge on any atom is 0.288 e. The van der Waals surface area contributed by atoms with Crippen LogP contribution < -0.4 is 5.32 Å². The number of hydrogen-bond acceptors (Lipinski definition) is 2. The first kappa shape index (κ1) is 14.0. The summed E-state index contributed by atoms with van der Waals surface area (Å²) in [5, 5.41) is 2.72. The van der Waals surface area contributed by atoms with Gasteiger partial charge in [0, 0.05) is 17.0 Å². The predicted octanol–water partition coefficient (Wildman–Crippen LogP) is 3.99. The molecule has 0 spiro atoms. The van der Waals surface area contributed by atoms with Crippen molar-refractivity contribution in [1.82, 2.24) is 0 Å². The maximum atomic E-state index is 12.1. The monoisotopic (exact) mass is 259 g/mol. The number of alkyl halides is 2. The summed E-state index contributed by atoms with van der Waals surface area (Å²) in [4.78, 5) is 11.9. The molecule has 1 rings (SSSR count). The average Bonchev–Trinajstić information content (AvgIpc) is 2.18. The second-order valence-electron chi connectivity index (χ2n) is 4.05. The van der Waals surface area contributed by atoms with Crippen LogP contribution in [0.4, 0.5) is 14.5 Å². The number of halogens is 2. The van der Waals surface area contributed by atoms with Gasteiger partial charge in [-0.05, 0) is 30.2 Å². The fourth-order valence-corrected chi connectivity index (χ4v) is 1.80. The molecule has 1 N–H and O–H groups in total. The van der Waals surface area contributed by atoms with Crippen molar-refractivity contribution in [3.63, 3.8) is 0 Å². The Morgan fingerprint density at radius 1 is 1.29 bits per heavy atom. The minimum Gasteiger partial charge on any atom is -0.326 e. The number of hydrogen-bond donors (Lipinski definition) is 1. The van der Waals surface area contributed by atoms with Crippen LogP contribution in [0.25, 0.3) is 0 Å². The number of benzene rings is 1. The van der Waals surface area contributed by atoms with Crippen LogP contribution in [0.15, 0.2) is 29.2 Å². The summed E-state index contributed by atoms with van der Waals surface area (Å²) in [6.45, 7) is 3.92. The molecule has 0 aliphatic rings. The minimum atomic E-state index is -2.42. The van der Waals surface area contributed by atoms with Crippen LogP contribution in [0.2, 0.25) is 0 Å². The smallest absolute Gasteiger partial charge is 0.288 e. The van der Waals surface area contributed by atoms with Gasteiger partial charge in [0.2, 0.25) is 5.91 Å². The van der Waals surface area contributed by atoms with Crippen LogP contribution in [-0.4, -0.2) is 11.7 Å². The molecule has 0 bridgehead atoms. The summed E-state index contributed by atoms with van der Waals surface area (Å²) in [6, 6.07) is 6.40. The molecule has 1 amide bonds. The molecule has 17 heavy (non-hydrogen) atoms. The lowest BCUT2D eigenvalue weighted by atomic mass is 10.1. The molecule has 5 heteroatoms. The molecule has 0 saturated heterocycles. The summed E-state index contributed by atoms with van der Waals surface area (Å²) in [5.41, 5.74) is 0.634. The number of carbonyl (C=O) groups is 1. The minimum absolute atomic E-state index is 0.0609. The number of carbonyl (C=O) groups excluding carboxylic acids is 1. The van der Waals surface area contributed by atoms with Gasteiger partial charge in [0.15, 0.2) is 0 Å². The van der Waals surface area contributed by atoms with Gasteiger partial charge in [0.05, 0.1) is 0 Å². The van der Waals surface area contributed by atoms with E-state index < -0.39 is 5.76 Å². The van der Waals surface area contributed by atoms with E-state index in [0.29, 0.717) is 34.7 Å². The van der Waals surface area contributed by atoms with E-state index in [1.54, 1.807) is 24.3 Å². The molecule has 0 fully saturated rings. The number of thioether (sulfide) groups is 1. The third kappa shape index (κ3) is 5.68. The summed E-state index contributed by atoms with van der Waals surface area (Å²) in [5.74, 6) is -2.19. The normalized spacial score (nSPS) is 10.9. The molecule has 0 heterocycles. The van der Waals surface area contributed by atoms with Gasteiger partial charge in [0.25, 0.3) is 5.76 Å². The second kappa shape index (κ2) is 6.59. The quantitative estimate of drug-likeness (QED) is 0.810. The number of nitrogens with one attached hydrogen (secondary N) is 1. The van der Waals surface area contributed by atoms with E-state index in [-0.39, 0.29) is 5.91 Å². The maximum absolute atomic E-state index is 12.1. The van der Waals surface area contributed by atoms with Crippen molar-refractivity contribution in [2.24, 2.45) is 5.92 Å². The lowest BCUT2D eigenvalue weighted by molar-refractivity contribution is -0.116. The standard InChI is InChI=1S/C12H15F2NOS/c1-8(2)7-11(16)15-9-3-5-10(6-4-9)17-12(13)14/h3-6,8,12H,7H2,1-2H3,(H,15,16). The Labute approximate surface area is 104 Å². The Balaban J connectivity index is 2.53. The van der Waals surface area contributed by atoms with Crippen molar-refractivity contribution in [2.45, 2.75) is 30.9 Å². The Hall–Kier alpha value is -1.10. The largest absolute Gasteiger partial charge is 0.326 e. The zero-order valence-electron chi connectivity index (χ0n) is 9.74. The van der Waals surface area contributed by atoms with Crippen molar-refractivity contribution < 1.29 is 13.6 Å². The van der Waals surface area contributed by atoms with Gasteiger partial charge in [0.1, 0.15) is 0 Å². The zero-order valence-corrected chi connectivity index (χ0v) is 10.6. The summed E-state index contributed by atoms with van der Waals surface area (Å²) in [7, 11) is 0. The van der Waals surface area contributed by atoms with Crippen LogP contribution in [0.3, 0.4) is 0 Å². The van der Waals surface area contributed by atoms with E-state index in [0.717, 1.165) is 0 Å². The predicted molar refractivity (Wildman–Crippen MR) is 66.4 cm³/mol. The lowest BCUT2D eigenvalue weighted by Crippen LogP contribution is -2.13. The molecule has 1 aromatic rings. The Kier molecular flexibility index (Phi) is 5.41. The molecule has 0 unspecified atom stereocenters. The van der Waals surface area contributed by atoms with E-state index in [4.69, 9.17) is 0 Å². The Morgan fingerprint density at radius 2 is 1.88 bits per heavy atom. The van der Waals surface area contributed by atoms with Crippen LogP contribution in [0.5, 0.6) is 0 Å². The molecular formula is C12H15F2NOS. The second-order valence-corrected chi connectivity index (χ2v) is 5.11. The molecule has 0 saturated carbocycles. The third-order valence-corrected chi connectivity index (χ3v) is 2.68. The van der Waals surface area contributed by atoms with Crippen molar-refractivity contribution in [3.05, 3.63) is 24.3 Å². The highest BCUT2D eigenvalue weighted by Gasteiger charge is 2.07. The van der Waals surface area contributed by atoms with Crippen molar-refractivity contribution >= 4 is 23.4 Å². The fourth-order valence-electron chi connectivity index (χ4n) is 1.30. The SMILES string of the molecule is CC(C)CC(=O)Nc1ccc(SC(F)F)cc1. The first-order chi connectivity index (χ1) is 7.97. The molecule has 2 nitrogen and oxygen atoms in total. The molecule has 1 aromatic carbocycles. The van der Waals surface area contributed by atoms with E-state index >= 15 is 0 Å². The van der Waals surface area contributed by atoms with Gasteiger partial charge in [-0.15, -0.1) is 0 Å². The van der Waals surface area contributed by atoms with Gasteiger partial charge in [-0.2, -0.15) is 8.78 Å². The van der Waals surface area contributed by atoms with Crippen LogP contribution in [-0.2, 0) is 4.79 Å². The molecule has 94 valence electrons. The average molecular weight is 259 g/mol. The van der Waals surface area contributed by atoms with Crippen LogP contribution >= 0.6 is 11.8 Å². The molecule has 0 atom stereocenters. The fraction of sp³-hybridized carbons (Fsp3) is 0.417. The molecule has 0 aromatic heterocycles. The van der Waals surface area contributed by atoms with E-state index in [2.05, 4.69) is 5.32 Å². The first-order valence-corrected chi connectivity index (χ1v) is 6.20. The van der Waals surface area contributed by atoms with Gasteiger partial charge < -0.3 is 5.32 Å². The van der Waals surface area contributed by atoms with Crippen LogP contribution in [0, 0.1) is 5.92 Å². The zero-order chi connectivity index (χ0) is 12.8. The topological polar surface area (TPSA) is 29.1 Å². The summed E-state index contributed by atoms with van der Waals surface area (Å²) in [6.07, 6.45) is 0.452. The highest BCUT2D eigenvalue weighted by molar-refractivity contribution is 7.99. The lowest BCUT2D eigenvalue weighted by Gasteiger charge is -2.07. The van der Waals surface area contributed by atoms with Gasteiger partial charge >= 0.3 is 0 Å². The van der Waals surface area contributed by atoms with Crippen molar-refractivity contribution in [3.8, 4) is 0 Å². The highest BCUT2D eigenvalue weighted by atomic mass is 32.2. The number of anilines is 1. The molecular weight excluding hydrogens is 244 g/mol. The molecule has 0 aliphatic carbocycles. The van der Waals surface area contributed by atoms with Gasteiger partial charge in [-0.3, -0.25) is 4.79 Å². The van der Waals surface area contributed by atoms with Gasteiger partial charge in [-0.25, -0.2) is 0 Å². The number of rotatable bonds is 5. The van der Waals surface area contributed by atoms with Crippen molar-refractivity contribution in [2.75, 3.05) is 5.32 Å². The van der Waals surface area contributed by atoms with E-state index in [1.807, 2.05) is 13.8 Å². The summed E-state index contributed by atoms with van der Waals surface area (Å²) < 4.78 is 24.1. The highest BCUT2D eigenvalue weighted by Crippen LogP contribution is 2.26. The molecule has 0 aliphatic heterocycles. The number of amides is 1. The third-order valence-electron chi connectivity index (χ3n) is 1.96. The first-order valence-electron chi connectivity index (χ1n) is 5.32. The van der Waals surface area contributed by atoms with Gasteiger partial charge in [-0.1, -0.05) is 25.6 Å². The van der Waals surface area contributed by atoms with E-state index in [9.17, 15) is 13.6 Å². The summed E-state index contributed by atoms with van der Waals surface area (Å²) >= 11 is 0.491. The molecule has 0 radical (unpaired) electrons. The Morgan fingerprint density at radius 3 is 2.35 bits per heavy atom. The van der Waals surface area contributed by atoms with Crippen LogP contribution in [0.1, 0.15) is 20.3 Å². The van der Waals surface area contributed by atoms with Crippen molar-refractivity contribution in [1.29, 1.82) is 0 Å².